The number of urea groups is 2. The first-order chi connectivity index (χ1) is 13.4. The molecule has 1 aromatic carbocycles. The van der Waals surface area contributed by atoms with Crippen LogP contribution in [0.2, 0.25) is 10.0 Å². The number of piperidine rings is 1. The quantitative estimate of drug-likeness (QED) is 0.683. The van der Waals surface area contributed by atoms with Crippen LogP contribution in [0.15, 0.2) is 42.1 Å². The molecule has 0 bridgehead atoms. The highest BCUT2D eigenvalue weighted by atomic mass is 35.5. The van der Waals surface area contributed by atoms with E-state index in [1.54, 1.807) is 29.2 Å². The van der Waals surface area contributed by atoms with Gasteiger partial charge in [-0.3, -0.25) is 0 Å². The van der Waals surface area contributed by atoms with Gasteiger partial charge in [-0.25, -0.2) is 9.59 Å². The van der Waals surface area contributed by atoms with E-state index >= 15 is 0 Å². The molecule has 1 aromatic rings. The van der Waals surface area contributed by atoms with Crippen molar-refractivity contribution in [3.63, 3.8) is 0 Å². The number of allylic oxidation sites excluding steroid dienone is 1. The van der Waals surface area contributed by atoms with Crippen LogP contribution in [0.3, 0.4) is 0 Å². The first kappa shape index (κ1) is 20.5. The van der Waals surface area contributed by atoms with Crippen molar-refractivity contribution in [2.24, 2.45) is 5.73 Å². The largest absolute Gasteiger partial charge is 0.370 e. The first-order valence-corrected chi connectivity index (χ1v) is 9.77. The van der Waals surface area contributed by atoms with Crippen molar-refractivity contribution in [1.82, 2.24) is 10.2 Å². The van der Waals surface area contributed by atoms with Gasteiger partial charge in [0.05, 0.1) is 22.3 Å². The number of primary amides is 1. The van der Waals surface area contributed by atoms with Crippen LogP contribution >= 0.6 is 23.2 Å². The second-order valence-corrected chi connectivity index (χ2v) is 7.48. The van der Waals surface area contributed by atoms with E-state index in [0.717, 1.165) is 12.8 Å². The van der Waals surface area contributed by atoms with Crippen molar-refractivity contribution < 1.29 is 14.3 Å². The number of rotatable bonds is 4. The van der Waals surface area contributed by atoms with E-state index in [4.69, 9.17) is 33.7 Å². The van der Waals surface area contributed by atoms with E-state index in [0.29, 0.717) is 40.9 Å². The molecule has 150 valence electrons. The molecule has 1 fully saturated rings. The van der Waals surface area contributed by atoms with Gasteiger partial charge in [-0.05, 0) is 43.5 Å². The van der Waals surface area contributed by atoms with Crippen LogP contribution in [0, 0.1) is 0 Å². The Morgan fingerprint density at radius 1 is 1.14 bits per heavy atom. The monoisotopic (exact) mass is 424 g/mol. The predicted octanol–water partition coefficient (Wildman–Crippen LogP) is 3.89. The summed E-state index contributed by atoms with van der Waals surface area (Å²) in [6.45, 7) is 1.22. The van der Waals surface area contributed by atoms with E-state index in [1.807, 2.05) is 12.2 Å². The maximum absolute atomic E-state index is 12.4. The number of likely N-dealkylation sites (tertiary alicyclic amines) is 1. The minimum absolute atomic E-state index is 0.0417. The standard InChI is InChI=1S/C19H22Cl2N4O3/c20-16-6-3-13(11-17(16)21)24-19(27)25-9-7-15(8-10-25)28-14-4-1-12(2-5-14)23-18(22)26/h1-4,6,11,14-15H,5,7-10H2,(H,24,27)(H3,22,23,26). The number of nitrogens with two attached hydrogens (primary N) is 1. The van der Waals surface area contributed by atoms with Crippen LogP contribution in [0.4, 0.5) is 15.3 Å². The number of ether oxygens (including phenoxy) is 1. The van der Waals surface area contributed by atoms with Gasteiger partial charge < -0.3 is 26.0 Å². The molecular weight excluding hydrogens is 403 g/mol. The molecule has 1 unspecified atom stereocenters. The third-order valence-electron chi connectivity index (χ3n) is 4.60. The summed E-state index contributed by atoms with van der Waals surface area (Å²) < 4.78 is 6.09. The minimum Gasteiger partial charge on any atom is -0.370 e. The summed E-state index contributed by atoms with van der Waals surface area (Å²) in [7, 11) is 0. The average Bonchev–Trinajstić information content (AvgIpc) is 2.66. The van der Waals surface area contributed by atoms with Gasteiger partial charge >= 0.3 is 12.1 Å². The summed E-state index contributed by atoms with van der Waals surface area (Å²) >= 11 is 11.9. The van der Waals surface area contributed by atoms with Gasteiger partial charge in [-0.1, -0.05) is 35.4 Å². The molecule has 9 heteroatoms. The number of anilines is 1. The van der Waals surface area contributed by atoms with Gasteiger partial charge in [0.25, 0.3) is 0 Å². The Kier molecular flexibility index (Phi) is 6.83. The van der Waals surface area contributed by atoms with Gasteiger partial charge in [-0.2, -0.15) is 0 Å². The lowest BCUT2D eigenvalue weighted by Crippen LogP contribution is -2.43. The fraction of sp³-hybridized carbons (Fsp3) is 0.368. The first-order valence-electron chi connectivity index (χ1n) is 9.02. The molecule has 0 aromatic heterocycles. The second-order valence-electron chi connectivity index (χ2n) is 6.66. The number of halogens is 2. The number of hydrogen-bond donors (Lipinski definition) is 3. The normalized spacial score (nSPS) is 19.9. The number of nitrogens with one attached hydrogen (secondary N) is 2. The summed E-state index contributed by atoms with van der Waals surface area (Å²) in [6, 6.07) is 4.24. The van der Waals surface area contributed by atoms with Crippen molar-refractivity contribution in [2.45, 2.75) is 31.5 Å². The van der Waals surface area contributed by atoms with Crippen molar-refractivity contribution in [1.29, 1.82) is 0 Å². The maximum Gasteiger partial charge on any atom is 0.321 e. The lowest BCUT2D eigenvalue weighted by atomic mass is 10.1. The van der Waals surface area contributed by atoms with Crippen LogP contribution in [0.1, 0.15) is 19.3 Å². The van der Waals surface area contributed by atoms with E-state index in [2.05, 4.69) is 10.6 Å². The molecule has 1 atom stereocenters. The van der Waals surface area contributed by atoms with Gasteiger partial charge in [-0.15, -0.1) is 0 Å². The summed E-state index contributed by atoms with van der Waals surface area (Å²) in [5, 5.41) is 6.22. The van der Waals surface area contributed by atoms with E-state index < -0.39 is 6.03 Å². The molecule has 0 saturated carbocycles. The van der Waals surface area contributed by atoms with Crippen molar-refractivity contribution in [3.8, 4) is 0 Å². The van der Waals surface area contributed by atoms with Crippen molar-refractivity contribution in [2.75, 3.05) is 18.4 Å². The van der Waals surface area contributed by atoms with Gasteiger partial charge in [0.1, 0.15) is 0 Å². The van der Waals surface area contributed by atoms with E-state index in [1.165, 1.54) is 0 Å². The van der Waals surface area contributed by atoms with Crippen LogP contribution < -0.4 is 16.4 Å². The molecular formula is C19H22Cl2N4O3. The molecule has 1 aliphatic carbocycles. The van der Waals surface area contributed by atoms with E-state index in [-0.39, 0.29) is 18.2 Å². The Hall–Kier alpha value is -2.22. The molecule has 4 N–H and O–H groups in total. The lowest BCUT2D eigenvalue weighted by Gasteiger charge is -2.33. The Bertz CT molecular complexity index is 804. The highest BCUT2D eigenvalue weighted by molar-refractivity contribution is 6.42. The molecule has 0 radical (unpaired) electrons. The molecule has 2 aliphatic rings. The van der Waals surface area contributed by atoms with Gasteiger partial charge in [0.15, 0.2) is 0 Å². The third-order valence-corrected chi connectivity index (χ3v) is 5.33. The van der Waals surface area contributed by atoms with Crippen molar-refractivity contribution >= 4 is 41.0 Å². The number of benzene rings is 1. The zero-order chi connectivity index (χ0) is 20.1. The molecule has 7 nitrogen and oxygen atoms in total. The topological polar surface area (TPSA) is 96.7 Å². The summed E-state index contributed by atoms with van der Waals surface area (Å²) in [5.74, 6) is 0. The fourth-order valence-corrected chi connectivity index (χ4v) is 3.45. The van der Waals surface area contributed by atoms with Crippen LogP contribution in [-0.4, -0.2) is 42.3 Å². The Morgan fingerprint density at radius 2 is 1.89 bits per heavy atom. The SMILES string of the molecule is NC(=O)NC1=CCC(OC2CCN(C(=O)Nc3ccc(Cl)c(Cl)c3)CC2)C=C1. The zero-order valence-corrected chi connectivity index (χ0v) is 16.7. The van der Waals surface area contributed by atoms with Gasteiger partial charge in [0.2, 0.25) is 0 Å². The van der Waals surface area contributed by atoms with E-state index in [9.17, 15) is 9.59 Å². The number of carbonyl (C=O) groups is 2. The van der Waals surface area contributed by atoms with Crippen LogP contribution in [0.25, 0.3) is 0 Å². The summed E-state index contributed by atoms with van der Waals surface area (Å²) in [4.78, 5) is 25.0. The fourth-order valence-electron chi connectivity index (χ4n) is 3.16. The molecule has 1 aliphatic heterocycles. The minimum atomic E-state index is -0.582. The summed E-state index contributed by atoms with van der Waals surface area (Å²) in [5.41, 5.74) is 6.39. The number of carbonyl (C=O) groups excluding carboxylic acids is 2. The third kappa shape index (κ3) is 5.64. The molecule has 3 rings (SSSR count). The highest BCUT2D eigenvalue weighted by Gasteiger charge is 2.25. The van der Waals surface area contributed by atoms with Crippen LogP contribution in [-0.2, 0) is 4.74 Å². The average molecular weight is 425 g/mol. The second kappa shape index (κ2) is 9.32. The predicted molar refractivity (Wildman–Crippen MR) is 110 cm³/mol. The molecule has 1 heterocycles. The maximum atomic E-state index is 12.4. The number of nitrogens with zero attached hydrogens (tertiary/aromatic N) is 1. The Labute approximate surface area is 173 Å². The Balaban J connectivity index is 1.42. The molecule has 28 heavy (non-hydrogen) atoms. The highest BCUT2D eigenvalue weighted by Crippen LogP contribution is 2.26. The molecule has 4 amide bonds. The zero-order valence-electron chi connectivity index (χ0n) is 15.2. The number of hydrogen-bond acceptors (Lipinski definition) is 3. The Morgan fingerprint density at radius 3 is 2.50 bits per heavy atom. The van der Waals surface area contributed by atoms with Crippen molar-refractivity contribution in [3.05, 3.63) is 52.2 Å². The number of amides is 4. The lowest BCUT2D eigenvalue weighted by molar-refractivity contribution is -0.0152. The summed E-state index contributed by atoms with van der Waals surface area (Å²) in [6.07, 6.45) is 7.82. The van der Waals surface area contributed by atoms with Gasteiger partial charge in [0, 0.05) is 24.5 Å². The molecule has 0 spiro atoms. The molecule has 1 saturated heterocycles. The smallest absolute Gasteiger partial charge is 0.321 e. The van der Waals surface area contributed by atoms with Crippen LogP contribution in [0.5, 0.6) is 0 Å².